The summed E-state index contributed by atoms with van der Waals surface area (Å²) in [6.45, 7) is 6.54. The Labute approximate surface area is 126 Å². The summed E-state index contributed by atoms with van der Waals surface area (Å²) in [5.74, 6) is -0.255. The number of rotatable bonds is 4. The van der Waals surface area contributed by atoms with Crippen LogP contribution >= 0.6 is 0 Å². The van der Waals surface area contributed by atoms with Gasteiger partial charge in [-0.1, -0.05) is 57.2 Å². The second-order valence-corrected chi connectivity index (χ2v) is 6.64. The maximum Gasteiger partial charge on any atom is 0.123 e. The summed E-state index contributed by atoms with van der Waals surface area (Å²) in [5.41, 5.74) is 3.35. The number of aliphatic hydroxyl groups excluding tert-OH is 1. The van der Waals surface area contributed by atoms with Gasteiger partial charge in [0.1, 0.15) is 5.82 Å². The fourth-order valence-corrected chi connectivity index (χ4v) is 2.42. The summed E-state index contributed by atoms with van der Waals surface area (Å²) in [4.78, 5) is 0. The normalized spacial score (nSPS) is 13.2. The average Bonchev–Trinajstić information content (AvgIpc) is 2.38. The number of benzene rings is 2. The second kappa shape index (κ2) is 6.40. The maximum atomic E-state index is 13.1. The molecule has 2 heteroatoms. The lowest BCUT2D eigenvalue weighted by Crippen LogP contribution is -2.15. The van der Waals surface area contributed by atoms with E-state index in [4.69, 9.17) is 0 Å². The van der Waals surface area contributed by atoms with Crippen LogP contribution in [0.15, 0.2) is 48.5 Å². The predicted octanol–water partition coefficient (Wildman–Crippen LogP) is 4.27. The zero-order valence-electron chi connectivity index (χ0n) is 12.9. The van der Waals surface area contributed by atoms with Crippen LogP contribution in [-0.4, -0.2) is 11.2 Å². The van der Waals surface area contributed by atoms with Crippen molar-refractivity contribution in [2.75, 3.05) is 0 Å². The molecule has 0 heterocycles. The molecule has 0 aliphatic carbocycles. The van der Waals surface area contributed by atoms with E-state index in [1.54, 1.807) is 6.07 Å². The Balaban J connectivity index is 1.98. The van der Waals surface area contributed by atoms with Crippen molar-refractivity contribution in [3.8, 4) is 0 Å². The van der Waals surface area contributed by atoms with Crippen molar-refractivity contribution < 1.29 is 9.50 Å². The molecule has 0 spiro atoms. The van der Waals surface area contributed by atoms with Crippen LogP contribution in [0.3, 0.4) is 0 Å². The first-order chi connectivity index (χ1) is 9.84. The van der Waals surface area contributed by atoms with E-state index in [-0.39, 0.29) is 11.2 Å². The molecule has 0 aliphatic heterocycles. The molecule has 0 amide bonds. The Morgan fingerprint density at radius 3 is 2.14 bits per heavy atom. The molecular weight excluding hydrogens is 263 g/mol. The highest BCUT2D eigenvalue weighted by Gasteiger charge is 2.13. The Kier molecular flexibility index (Phi) is 4.79. The summed E-state index contributed by atoms with van der Waals surface area (Å²) in [7, 11) is 0. The molecule has 112 valence electrons. The third kappa shape index (κ3) is 4.68. The van der Waals surface area contributed by atoms with Gasteiger partial charge in [-0.05, 0) is 47.1 Å². The minimum atomic E-state index is -0.493. The van der Waals surface area contributed by atoms with Crippen molar-refractivity contribution >= 4 is 0 Å². The molecule has 1 nitrogen and oxygen atoms in total. The minimum Gasteiger partial charge on any atom is -0.392 e. The van der Waals surface area contributed by atoms with E-state index in [0.717, 1.165) is 11.1 Å². The molecule has 2 rings (SSSR count). The topological polar surface area (TPSA) is 20.2 Å². The molecule has 0 aliphatic rings. The Morgan fingerprint density at radius 2 is 1.57 bits per heavy atom. The second-order valence-electron chi connectivity index (χ2n) is 6.64. The number of hydrogen-bond donors (Lipinski definition) is 1. The summed E-state index contributed by atoms with van der Waals surface area (Å²) in [5, 5.41) is 10.2. The molecule has 21 heavy (non-hydrogen) atoms. The van der Waals surface area contributed by atoms with Gasteiger partial charge >= 0.3 is 0 Å². The Bertz CT molecular complexity index is 581. The Hall–Kier alpha value is -1.67. The highest BCUT2D eigenvalue weighted by molar-refractivity contribution is 5.28. The molecule has 0 bridgehead atoms. The highest BCUT2D eigenvalue weighted by Crippen LogP contribution is 2.22. The van der Waals surface area contributed by atoms with Crippen molar-refractivity contribution in [1.29, 1.82) is 0 Å². The summed E-state index contributed by atoms with van der Waals surface area (Å²) >= 11 is 0. The van der Waals surface area contributed by atoms with E-state index in [1.807, 2.05) is 6.07 Å². The number of halogens is 1. The SMILES string of the molecule is CC(C)(C)c1ccc(CC(O)Cc2cccc(F)c2)cc1. The smallest absolute Gasteiger partial charge is 0.123 e. The molecule has 0 aromatic heterocycles. The van der Waals surface area contributed by atoms with Gasteiger partial charge in [-0.3, -0.25) is 0 Å². The lowest BCUT2D eigenvalue weighted by atomic mass is 9.86. The highest BCUT2D eigenvalue weighted by atomic mass is 19.1. The quantitative estimate of drug-likeness (QED) is 0.890. The summed E-state index contributed by atoms with van der Waals surface area (Å²) in [6, 6.07) is 14.8. The average molecular weight is 286 g/mol. The van der Waals surface area contributed by atoms with Gasteiger partial charge in [-0.15, -0.1) is 0 Å². The predicted molar refractivity (Wildman–Crippen MR) is 85.0 cm³/mol. The lowest BCUT2D eigenvalue weighted by Gasteiger charge is -2.19. The van der Waals surface area contributed by atoms with Crippen LogP contribution in [0, 0.1) is 5.82 Å². The third-order valence-corrected chi connectivity index (χ3v) is 3.65. The van der Waals surface area contributed by atoms with Crippen molar-refractivity contribution in [2.45, 2.75) is 45.1 Å². The van der Waals surface area contributed by atoms with Gasteiger partial charge in [-0.2, -0.15) is 0 Å². The van der Waals surface area contributed by atoms with Gasteiger partial charge in [0.25, 0.3) is 0 Å². The van der Waals surface area contributed by atoms with E-state index < -0.39 is 6.10 Å². The summed E-state index contributed by atoms with van der Waals surface area (Å²) < 4.78 is 13.1. The molecule has 0 saturated heterocycles. The van der Waals surface area contributed by atoms with Crippen LogP contribution in [0.5, 0.6) is 0 Å². The van der Waals surface area contributed by atoms with E-state index >= 15 is 0 Å². The van der Waals surface area contributed by atoms with Crippen LogP contribution in [-0.2, 0) is 18.3 Å². The van der Waals surface area contributed by atoms with E-state index in [9.17, 15) is 9.50 Å². The lowest BCUT2D eigenvalue weighted by molar-refractivity contribution is 0.175. The first-order valence-corrected chi connectivity index (χ1v) is 7.36. The van der Waals surface area contributed by atoms with Crippen LogP contribution in [0.25, 0.3) is 0 Å². The van der Waals surface area contributed by atoms with Crippen molar-refractivity contribution in [2.24, 2.45) is 0 Å². The van der Waals surface area contributed by atoms with E-state index in [1.165, 1.54) is 17.7 Å². The standard InChI is InChI=1S/C19H23FO/c1-19(2,3)16-9-7-14(8-10-16)12-18(21)13-15-5-4-6-17(20)11-15/h4-11,18,21H,12-13H2,1-3H3. The molecule has 0 fully saturated rings. The fourth-order valence-electron chi connectivity index (χ4n) is 2.42. The van der Waals surface area contributed by atoms with Gasteiger partial charge in [-0.25, -0.2) is 4.39 Å². The first-order valence-electron chi connectivity index (χ1n) is 7.36. The maximum absolute atomic E-state index is 13.1. The third-order valence-electron chi connectivity index (χ3n) is 3.65. The first kappa shape index (κ1) is 15.7. The number of hydrogen-bond acceptors (Lipinski definition) is 1. The molecule has 2 aromatic carbocycles. The Morgan fingerprint density at radius 1 is 0.952 bits per heavy atom. The largest absolute Gasteiger partial charge is 0.392 e. The molecule has 1 N–H and O–H groups in total. The van der Waals surface area contributed by atoms with Crippen molar-refractivity contribution in [3.05, 3.63) is 71.0 Å². The monoisotopic (exact) mass is 286 g/mol. The van der Waals surface area contributed by atoms with Gasteiger partial charge < -0.3 is 5.11 Å². The van der Waals surface area contributed by atoms with Crippen molar-refractivity contribution in [3.63, 3.8) is 0 Å². The molecule has 0 radical (unpaired) electrons. The minimum absolute atomic E-state index is 0.138. The number of aliphatic hydroxyl groups is 1. The van der Waals surface area contributed by atoms with Gasteiger partial charge in [0.05, 0.1) is 6.10 Å². The van der Waals surface area contributed by atoms with Crippen LogP contribution in [0.2, 0.25) is 0 Å². The van der Waals surface area contributed by atoms with Gasteiger partial charge in [0.15, 0.2) is 0 Å². The molecule has 1 unspecified atom stereocenters. The molecular formula is C19H23FO. The molecule has 1 atom stereocenters. The zero-order chi connectivity index (χ0) is 15.5. The van der Waals surface area contributed by atoms with E-state index in [0.29, 0.717) is 12.8 Å². The molecule has 2 aromatic rings. The van der Waals surface area contributed by atoms with Crippen LogP contribution in [0.4, 0.5) is 4.39 Å². The van der Waals surface area contributed by atoms with Crippen molar-refractivity contribution in [1.82, 2.24) is 0 Å². The van der Waals surface area contributed by atoms with Gasteiger partial charge in [0, 0.05) is 0 Å². The molecule has 0 saturated carbocycles. The van der Waals surface area contributed by atoms with Crippen LogP contribution < -0.4 is 0 Å². The summed E-state index contributed by atoms with van der Waals surface area (Å²) in [6.07, 6.45) is 0.562. The van der Waals surface area contributed by atoms with Crippen LogP contribution in [0.1, 0.15) is 37.5 Å². The fraction of sp³-hybridized carbons (Fsp3) is 0.368. The zero-order valence-corrected chi connectivity index (χ0v) is 12.9. The van der Waals surface area contributed by atoms with E-state index in [2.05, 4.69) is 45.0 Å². The van der Waals surface area contributed by atoms with Gasteiger partial charge in [0.2, 0.25) is 0 Å².